The maximum absolute atomic E-state index is 12.8. The molecule has 0 saturated heterocycles. The molecule has 0 fully saturated rings. The number of hydrogen-bond donors (Lipinski definition) is 0. The fourth-order valence-corrected chi connectivity index (χ4v) is 2.87. The molecule has 8 heteroatoms. The summed E-state index contributed by atoms with van der Waals surface area (Å²) in [6.45, 7) is 6.29. The van der Waals surface area contributed by atoms with Gasteiger partial charge in [-0.25, -0.2) is 0 Å². The summed E-state index contributed by atoms with van der Waals surface area (Å²) < 4.78 is 39.1. The smallest absolute Gasteiger partial charge is 0.178 e. The van der Waals surface area contributed by atoms with Crippen molar-refractivity contribution in [2.24, 2.45) is 0 Å². The molecule has 0 saturated carbocycles. The summed E-state index contributed by atoms with van der Waals surface area (Å²) in [6, 6.07) is 7.64. The summed E-state index contributed by atoms with van der Waals surface area (Å²) in [6.07, 6.45) is -4.57. The molecular weight excluding hydrogens is 313 g/mol. The first kappa shape index (κ1) is 15.0. The molecule has 0 amide bonds. The van der Waals surface area contributed by atoms with Crippen LogP contribution in [0.25, 0.3) is 15.5 Å². The average molecular weight is 326 g/mol. The number of hydrogen-bond acceptors (Lipinski definition) is 4. The summed E-state index contributed by atoms with van der Waals surface area (Å²) in [5, 5.41) is 11.2. The minimum Gasteiger partial charge on any atom is -0.178 e. The highest BCUT2D eigenvalue weighted by Crippen LogP contribution is 2.32. The molecule has 1 aromatic carbocycles. The highest BCUT2D eigenvalue weighted by atomic mass is 32.1. The van der Waals surface area contributed by atoms with Crippen molar-refractivity contribution in [1.29, 1.82) is 0 Å². The first-order valence-corrected chi connectivity index (χ1v) is 7.38. The van der Waals surface area contributed by atoms with Gasteiger partial charge in [-0.15, -0.1) is 10.2 Å². The maximum atomic E-state index is 12.8. The standard InChI is InChI=1S/C14H13F3N4S/c1-13(2,3)9-6-4-8(5-7-9)10-20-21-11(14(15,16)17)18-19-12(21)22-10/h4-7H,1-3H3. The molecule has 2 aromatic heterocycles. The normalized spacial score (nSPS) is 13.0. The Hall–Kier alpha value is -1.96. The van der Waals surface area contributed by atoms with E-state index in [-0.39, 0.29) is 10.4 Å². The van der Waals surface area contributed by atoms with E-state index in [0.29, 0.717) is 5.01 Å². The largest absolute Gasteiger partial charge is 0.453 e. The Labute approximate surface area is 128 Å². The Morgan fingerprint density at radius 3 is 2.18 bits per heavy atom. The topological polar surface area (TPSA) is 43.1 Å². The fourth-order valence-electron chi connectivity index (χ4n) is 2.02. The molecule has 0 aliphatic heterocycles. The van der Waals surface area contributed by atoms with E-state index in [9.17, 15) is 13.2 Å². The lowest BCUT2D eigenvalue weighted by Crippen LogP contribution is -2.11. The van der Waals surface area contributed by atoms with Crippen molar-refractivity contribution in [3.05, 3.63) is 35.7 Å². The van der Waals surface area contributed by atoms with Gasteiger partial charge in [-0.05, 0) is 11.0 Å². The van der Waals surface area contributed by atoms with Gasteiger partial charge in [0.1, 0.15) is 5.01 Å². The van der Waals surface area contributed by atoms with Gasteiger partial charge in [0, 0.05) is 5.56 Å². The molecule has 3 aromatic rings. The van der Waals surface area contributed by atoms with Gasteiger partial charge in [0.05, 0.1) is 0 Å². The Kier molecular flexibility index (Phi) is 3.24. The quantitative estimate of drug-likeness (QED) is 0.674. The molecule has 0 radical (unpaired) electrons. The van der Waals surface area contributed by atoms with E-state index in [1.165, 1.54) is 0 Å². The monoisotopic (exact) mass is 326 g/mol. The van der Waals surface area contributed by atoms with Crippen LogP contribution >= 0.6 is 11.3 Å². The van der Waals surface area contributed by atoms with Crippen LogP contribution in [0.4, 0.5) is 13.2 Å². The van der Waals surface area contributed by atoms with Crippen molar-refractivity contribution < 1.29 is 13.2 Å². The van der Waals surface area contributed by atoms with Gasteiger partial charge in [0.2, 0.25) is 4.96 Å². The zero-order chi connectivity index (χ0) is 16.1. The Morgan fingerprint density at radius 1 is 1.00 bits per heavy atom. The number of fused-ring (bicyclic) bond motifs is 1. The molecule has 2 heterocycles. The number of aromatic nitrogens is 4. The molecule has 0 bridgehead atoms. The molecule has 0 aliphatic carbocycles. The summed E-state index contributed by atoms with van der Waals surface area (Å²) in [5.74, 6) is -1.10. The van der Waals surface area contributed by atoms with Crippen molar-refractivity contribution in [3.63, 3.8) is 0 Å². The van der Waals surface area contributed by atoms with Gasteiger partial charge in [-0.2, -0.15) is 22.8 Å². The lowest BCUT2D eigenvalue weighted by Gasteiger charge is -2.18. The second-order valence-electron chi connectivity index (χ2n) is 5.95. The van der Waals surface area contributed by atoms with Crippen molar-refractivity contribution >= 4 is 16.3 Å². The Morgan fingerprint density at radius 2 is 1.64 bits per heavy atom. The SMILES string of the molecule is CC(C)(C)c1ccc(-c2nn3c(C(F)(F)F)nnc3s2)cc1. The zero-order valence-corrected chi connectivity index (χ0v) is 13.0. The van der Waals surface area contributed by atoms with E-state index in [0.717, 1.165) is 27.0 Å². The van der Waals surface area contributed by atoms with E-state index >= 15 is 0 Å². The molecule has 0 atom stereocenters. The van der Waals surface area contributed by atoms with Gasteiger partial charge < -0.3 is 0 Å². The molecule has 22 heavy (non-hydrogen) atoms. The van der Waals surface area contributed by atoms with Gasteiger partial charge in [0.15, 0.2) is 0 Å². The predicted octanol–water partition coefficient (Wildman–Crippen LogP) is 4.17. The third kappa shape index (κ3) is 2.58. The van der Waals surface area contributed by atoms with Gasteiger partial charge in [-0.3, -0.25) is 0 Å². The number of benzene rings is 1. The molecule has 0 N–H and O–H groups in total. The second kappa shape index (κ2) is 4.77. The number of halogens is 3. The molecule has 0 unspecified atom stereocenters. The van der Waals surface area contributed by atoms with Crippen LogP contribution < -0.4 is 0 Å². The highest BCUT2D eigenvalue weighted by molar-refractivity contribution is 7.19. The van der Waals surface area contributed by atoms with Gasteiger partial charge in [-0.1, -0.05) is 56.4 Å². The maximum Gasteiger partial charge on any atom is 0.453 e. The van der Waals surface area contributed by atoms with Crippen LogP contribution in [-0.2, 0) is 11.6 Å². The summed E-state index contributed by atoms with van der Waals surface area (Å²) in [5.41, 5.74) is 1.93. The molecule has 116 valence electrons. The van der Waals surface area contributed by atoms with Crippen LogP contribution in [0.3, 0.4) is 0 Å². The van der Waals surface area contributed by atoms with Crippen molar-refractivity contribution in [2.45, 2.75) is 32.4 Å². The first-order valence-electron chi connectivity index (χ1n) is 6.56. The third-order valence-electron chi connectivity index (χ3n) is 3.24. The molecule has 0 spiro atoms. The van der Waals surface area contributed by atoms with Crippen LogP contribution in [0.5, 0.6) is 0 Å². The zero-order valence-electron chi connectivity index (χ0n) is 12.1. The van der Waals surface area contributed by atoms with Crippen molar-refractivity contribution in [2.75, 3.05) is 0 Å². The van der Waals surface area contributed by atoms with Crippen LogP contribution in [-0.4, -0.2) is 19.8 Å². The Balaban J connectivity index is 2.02. The summed E-state index contributed by atoms with van der Waals surface area (Å²) >= 11 is 1.08. The van der Waals surface area contributed by atoms with E-state index in [4.69, 9.17) is 0 Å². The van der Waals surface area contributed by atoms with Crippen LogP contribution in [0.2, 0.25) is 0 Å². The van der Waals surface area contributed by atoms with Crippen molar-refractivity contribution in [3.8, 4) is 10.6 Å². The minimum atomic E-state index is -4.57. The summed E-state index contributed by atoms with van der Waals surface area (Å²) in [7, 11) is 0. The molecular formula is C14H13F3N4S. The van der Waals surface area contributed by atoms with Gasteiger partial charge in [0.25, 0.3) is 5.82 Å². The molecule has 0 aliphatic rings. The van der Waals surface area contributed by atoms with E-state index in [1.54, 1.807) is 0 Å². The summed E-state index contributed by atoms with van der Waals surface area (Å²) in [4.78, 5) is 0.127. The van der Waals surface area contributed by atoms with Crippen LogP contribution in [0.15, 0.2) is 24.3 Å². The number of rotatable bonds is 1. The second-order valence-corrected chi connectivity index (χ2v) is 6.91. The minimum absolute atomic E-state index is 0.0172. The average Bonchev–Trinajstić information content (AvgIpc) is 2.95. The fraction of sp³-hybridized carbons (Fsp3) is 0.357. The predicted molar refractivity (Wildman–Crippen MR) is 77.8 cm³/mol. The van der Waals surface area contributed by atoms with Crippen molar-refractivity contribution in [1.82, 2.24) is 19.8 Å². The van der Waals surface area contributed by atoms with Crippen LogP contribution in [0, 0.1) is 0 Å². The third-order valence-corrected chi connectivity index (χ3v) is 4.19. The van der Waals surface area contributed by atoms with Crippen LogP contribution in [0.1, 0.15) is 32.2 Å². The molecule has 4 nitrogen and oxygen atoms in total. The highest BCUT2D eigenvalue weighted by Gasteiger charge is 2.38. The lowest BCUT2D eigenvalue weighted by molar-refractivity contribution is -0.146. The first-order chi connectivity index (χ1) is 10.2. The lowest BCUT2D eigenvalue weighted by atomic mass is 9.87. The van der Waals surface area contributed by atoms with E-state index in [1.807, 2.05) is 24.3 Å². The van der Waals surface area contributed by atoms with E-state index in [2.05, 4.69) is 36.1 Å². The number of nitrogens with zero attached hydrogens (tertiary/aromatic N) is 4. The van der Waals surface area contributed by atoms with Gasteiger partial charge >= 0.3 is 6.18 Å². The molecule has 3 rings (SSSR count). The number of alkyl halides is 3. The Bertz CT molecular complexity index is 809. The van der Waals surface area contributed by atoms with E-state index < -0.39 is 12.0 Å².